The molecular weight excluding hydrogens is 250 g/mol. The van der Waals surface area contributed by atoms with E-state index >= 15 is 0 Å². The molecule has 1 heterocycles. The Hall–Kier alpha value is -1.78. The highest BCUT2D eigenvalue weighted by atomic mass is 19.2. The molecule has 2 aromatic rings. The van der Waals surface area contributed by atoms with Crippen molar-refractivity contribution in [1.29, 1.82) is 0 Å². The average molecular weight is 266 g/mol. The summed E-state index contributed by atoms with van der Waals surface area (Å²) in [5.74, 6) is -0.950. The first-order chi connectivity index (χ1) is 8.90. The number of hydrogen-bond acceptors (Lipinski definition) is 3. The molecule has 0 fully saturated rings. The number of benzene rings is 1. The van der Waals surface area contributed by atoms with Gasteiger partial charge in [0.1, 0.15) is 0 Å². The number of nitrogens with zero attached hydrogens (tertiary/aromatic N) is 2. The van der Waals surface area contributed by atoms with Gasteiger partial charge >= 0.3 is 0 Å². The van der Waals surface area contributed by atoms with Crippen LogP contribution in [0.25, 0.3) is 11.5 Å². The van der Waals surface area contributed by atoms with Gasteiger partial charge in [0.15, 0.2) is 11.6 Å². The van der Waals surface area contributed by atoms with Crippen molar-refractivity contribution in [2.45, 2.75) is 39.5 Å². The third kappa shape index (κ3) is 2.64. The second-order valence-corrected chi connectivity index (χ2v) is 5.11. The lowest BCUT2D eigenvalue weighted by atomic mass is 9.97. The van der Waals surface area contributed by atoms with Gasteiger partial charge in [-0.2, -0.15) is 0 Å². The van der Waals surface area contributed by atoms with Gasteiger partial charge in [0.2, 0.25) is 11.8 Å². The van der Waals surface area contributed by atoms with Crippen LogP contribution in [-0.2, 0) is 0 Å². The van der Waals surface area contributed by atoms with Crippen LogP contribution in [-0.4, -0.2) is 10.2 Å². The smallest absolute Gasteiger partial charge is 0.248 e. The Morgan fingerprint density at radius 2 is 1.58 bits per heavy atom. The second kappa shape index (κ2) is 5.07. The van der Waals surface area contributed by atoms with Crippen LogP contribution < -0.4 is 0 Å². The van der Waals surface area contributed by atoms with Gasteiger partial charge in [0.25, 0.3) is 0 Å². The summed E-state index contributed by atoms with van der Waals surface area (Å²) in [5, 5.41) is 7.83. The van der Waals surface area contributed by atoms with Crippen molar-refractivity contribution in [1.82, 2.24) is 10.2 Å². The fourth-order valence-corrected chi connectivity index (χ4v) is 1.80. The highest BCUT2D eigenvalue weighted by molar-refractivity contribution is 5.59. The first-order valence-corrected chi connectivity index (χ1v) is 6.22. The Morgan fingerprint density at radius 3 is 2.11 bits per heavy atom. The number of hydrogen-bond donors (Lipinski definition) is 0. The molecule has 1 aromatic carbocycles. The number of aromatic nitrogens is 2. The molecule has 0 aliphatic rings. The third-order valence-corrected chi connectivity index (χ3v) is 2.88. The van der Waals surface area contributed by atoms with Gasteiger partial charge in [-0.05, 0) is 23.6 Å². The molecule has 0 radical (unpaired) electrons. The van der Waals surface area contributed by atoms with Gasteiger partial charge in [-0.3, -0.25) is 0 Å². The zero-order valence-electron chi connectivity index (χ0n) is 11.4. The lowest BCUT2D eigenvalue weighted by Gasteiger charge is -2.10. The largest absolute Gasteiger partial charge is 0.420 e. The van der Waals surface area contributed by atoms with E-state index in [0.29, 0.717) is 17.0 Å². The van der Waals surface area contributed by atoms with Crippen LogP contribution in [0.1, 0.15) is 51.0 Å². The van der Waals surface area contributed by atoms with E-state index in [9.17, 15) is 8.78 Å². The van der Waals surface area contributed by atoms with Gasteiger partial charge < -0.3 is 4.42 Å². The molecule has 0 spiro atoms. The summed E-state index contributed by atoms with van der Waals surface area (Å²) in [6, 6.07) is 2.30. The van der Waals surface area contributed by atoms with Gasteiger partial charge in [-0.1, -0.05) is 27.7 Å². The summed E-state index contributed by atoms with van der Waals surface area (Å²) in [7, 11) is 0. The van der Waals surface area contributed by atoms with Crippen molar-refractivity contribution in [3.63, 3.8) is 0 Å². The molecule has 3 nitrogen and oxygen atoms in total. The summed E-state index contributed by atoms with van der Waals surface area (Å²) in [4.78, 5) is 0. The van der Waals surface area contributed by atoms with Crippen LogP contribution in [0.2, 0.25) is 0 Å². The van der Waals surface area contributed by atoms with Crippen LogP contribution in [0.3, 0.4) is 0 Å². The molecular formula is C14H16F2N2O. The second-order valence-electron chi connectivity index (χ2n) is 5.11. The normalized spacial score (nSPS) is 11.6. The van der Waals surface area contributed by atoms with Crippen molar-refractivity contribution in [2.24, 2.45) is 0 Å². The summed E-state index contributed by atoms with van der Waals surface area (Å²) < 4.78 is 32.2. The first-order valence-electron chi connectivity index (χ1n) is 6.22. The molecule has 2 rings (SSSR count). The monoisotopic (exact) mass is 266 g/mol. The molecule has 0 saturated heterocycles. The van der Waals surface area contributed by atoms with E-state index in [1.54, 1.807) is 0 Å². The van der Waals surface area contributed by atoms with E-state index in [2.05, 4.69) is 10.2 Å². The molecule has 0 unspecified atom stereocenters. The van der Waals surface area contributed by atoms with E-state index in [4.69, 9.17) is 4.42 Å². The van der Waals surface area contributed by atoms with Crippen molar-refractivity contribution < 1.29 is 13.2 Å². The number of halogens is 2. The maximum absolute atomic E-state index is 13.4. The predicted octanol–water partition coefficient (Wildman–Crippen LogP) is 4.26. The van der Waals surface area contributed by atoms with Gasteiger partial charge in [-0.25, -0.2) is 8.78 Å². The Labute approximate surface area is 110 Å². The molecule has 19 heavy (non-hydrogen) atoms. The zero-order valence-corrected chi connectivity index (χ0v) is 11.4. The molecule has 0 aliphatic heterocycles. The van der Waals surface area contributed by atoms with Crippen LogP contribution in [0, 0.1) is 11.6 Å². The van der Waals surface area contributed by atoms with Crippen molar-refractivity contribution >= 4 is 0 Å². The molecule has 5 heteroatoms. The van der Waals surface area contributed by atoms with E-state index in [0.717, 1.165) is 6.07 Å². The van der Waals surface area contributed by atoms with Crippen molar-refractivity contribution in [3.05, 3.63) is 35.2 Å². The maximum Gasteiger partial charge on any atom is 0.248 e. The van der Waals surface area contributed by atoms with Gasteiger partial charge in [0, 0.05) is 11.5 Å². The van der Waals surface area contributed by atoms with Crippen LogP contribution in [0.5, 0.6) is 0 Å². The summed E-state index contributed by atoms with van der Waals surface area (Å²) in [6.07, 6.45) is 0. The van der Waals surface area contributed by atoms with Gasteiger partial charge in [0.05, 0.1) is 0 Å². The SMILES string of the molecule is CC(C)c1nnc(-c2cc(F)c(F)cc2C(C)C)o1. The molecule has 0 N–H and O–H groups in total. The predicted molar refractivity (Wildman–Crippen MR) is 67.8 cm³/mol. The highest BCUT2D eigenvalue weighted by Crippen LogP contribution is 2.31. The molecule has 0 saturated carbocycles. The lowest BCUT2D eigenvalue weighted by molar-refractivity contribution is 0.477. The quantitative estimate of drug-likeness (QED) is 0.833. The minimum absolute atomic E-state index is 0.0273. The Morgan fingerprint density at radius 1 is 0.947 bits per heavy atom. The number of rotatable bonds is 3. The molecule has 1 aromatic heterocycles. The molecule has 0 amide bonds. The fourth-order valence-electron chi connectivity index (χ4n) is 1.80. The minimum Gasteiger partial charge on any atom is -0.420 e. The summed E-state index contributed by atoms with van der Waals surface area (Å²) in [6.45, 7) is 7.64. The first kappa shape index (κ1) is 13.6. The minimum atomic E-state index is -0.913. The van der Waals surface area contributed by atoms with E-state index < -0.39 is 11.6 Å². The Bertz CT molecular complexity index is 591. The summed E-state index contributed by atoms with van der Waals surface area (Å²) >= 11 is 0. The molecule has 102 valence electrons. The Kier molecular flexibility index (Phi) is 3.64. The Balaban J connectivity index is 2.56. The molecule has 0 bridgehead atoms. The van der Waals surface area contributed by atoms with E-state index in [1.807, 2.05) is 27.7 Å². The van der Waals surface area contributed by atoms with Crippen LogP contribution in [0.15, 0.2) is 16.5 Å². The van der Waals surface area contributed by atoms with Crippen LogP contribution in [0.4, 0.5) is 8.78 Å². The third-order valence-electron chi connectivity index (χ3n) is 2.88. The van der Waals surface area contributed by atoms with E-state index in [-0.39, 0.29) is 17.7 Å². The van der Waals surface area contributed by atoms with Crippen LogP contribution >= 0.6 is 0 Å². The lowest BCUT2D eigenvalue weighted by Crippen LogP contribution is -1.97. The standard InChI is InChI=1S/C14H16F2N2O/c1-7(2)9-5-11(15)12(16)6-10(9)14-18-17-13(19-14)8(3)4/h5-8H,1-4H3. The zero-order chi connectivity index (χ0) is 14.2. The van der Waals surface area contributed by atoms with Crippen molar-refractivity contribution in [3.8, 4) is 11.5 Å². The molecule has 0 aliphatic carbocycles. The topological polar surface area (TPSA) is 38.9 Å². The van der Waals surface area contributed by atoms with Crippen molar-refractivity contribution in [2.75, 3.05) is 0 Å². The van der Waals surface area contributed by atoms with E-state index in [1.165, 1.54) is 6.07 Å². The summed E-state index contributed by atoms with van der Waals surface area (Å²) in [5.41, 5.74) is 1.10. The molecule has 0 atom stereocenters. The fraction of sp³-hybridized carbons (Fsp3) is 0.429. The maximum atomic E-state index is 13.4. The van der Waals surface area contributed by atoms with Gasteiger partial charge in [-0.15, -0.1) is 10.2 Å². The highest BCUT2D eigenvalue weighted by Gasteiger charge is 2.19. The average Bonchev–Trinajstić information content (AvgIpc) is 2.81.